The molecule has 2 aliphatic heterocycles. The lowest BCUT2D eigenvalue weighted by Crippen LogP contribution is -2.50. The minimum atomic E-state index is -0.931. The minimum Gasteiger partial charge on any atom is -0.497 e. The largest absolute Gasteiger partial charge is 0.497 e. The van der Waals surface area contributed by atoms with E-state index in [9.17, 15) is 14.4 Å². The SMILES string of the molecule is COc1ccc2c(c1)C(=O)C(=O)C1=C2OC2(CCN(C(=O)O)CC2)CS1. The number of rotatable bonds is 1. The number of hydrogen-bond donors (Lipinski definition) is 1. The standard InChI is InChI=1S/C18H17NO6S/c1-24-10-2-3-11-12(8-10)13(20)14(21)16-15(11)25-18(9-26-16)4-6-19(7-5-18)17(22)23/h2-3,8H,4-7,9H2,1H3,(H,22,23). The molecule has 0 radical (unpaired) electrons. The van der Waals surface area contributed by atoms with Crippen LogP contribution in [0.4, 0.5) is 4.79 Å². The van der Waals surface area contributed by atoms with Crippen molar-refractivity contribution in [1.82, 2.24) is 4.90 Å². The monoisotopic (exact) mass is 375 g/mol. The van der Waals surface area contributed by atoms with E-state index in [1.165, 1.54) is 23.8 Å². The predicted octanol–water partition coefficient (Wildman–Crippen LogP) is 2.41. The molecule has 4 rings (SSSR count). The van der Waals surface area contributed by atoms with E-state index in [2.05, 4.69) is 0 Å². The van der Waals surface area contributed by atoms with Crippen LogP contribution in [-0.2, 0) is 9.53 Å². The van der Waals surface area contributed by atoms with Crippen molar-refractivity contribution in [2.45, 2.75) is 18.4 Å². The Kier molecular flexibility index (Phi) is 3.95. The summed E-state index contributed by atoms with van der Waals surface area (Å²) in [6.45, 7) is 0.779. The maximum absolute atomic E-state index is 12.5. The molecule has 1 aromatic rings. The number of carbonyl (C=O) groups is 3. The van der Waals surface area contributed by atoms with E-state index < -0.39 is 23.3 Å². The summed E-state index contributed by atoms with van der Waals surface area (Å²) in [5.41, 5.74) is 0.360. The molecule has 1 spiro atoms. The fourth-order valence-corrected chi connectivity index (χ4v) is 4.78. The Morgan fingerprint density at radius 3 is 2.62 bits per heavy atom. The lowest BCUT2D eigenvalue weighted by molar-refractivity contribution is -0.111. The van der Waals surface area contributed by atoms with Gasteiger partial charge in [0.15, 0.2) is 0 Å². The summed E-state index contributed by atoms with van der Waals surface area (Å²) < 4.78 is 11.4. The van der Waals surface area contributed by atoms with Crippen molar-refractivity contribution in [1.29, 1.82) is 0 Å². The first-order chi connectivity index (χ1) is 12.4. The maximum Gasteiger partial charge on any atom is 0.407 e. The van der Waals surface area contributed by atoms with Gasteiger partial charge in [-0.3, -0.25) is 9.59 Å². The Balaban J connectivity index is 1.69. The highest BCUT2D eigenvalue weighted by Gasteiger charge is 2.46. The quantitative estimate of drug-likeness (QED) is 0.754. The van der Waals surface area contributed by atoms with Crippen molar-refractivity contribution in [3.05, 3.63) is 34.2 Å². The van der Waals surface area contributed by atoms with Crippen molar-refractivity contribution in [3.8, 4) is 5.75 Å². The number of nitrogens with zero attached hydrogens (tertiary/aromatic N) is 1. The van der Waals surface area contributed by atoms with Gasteiger partial charge >= 0.3 is 6.09 Å². The molecule has 0 unspecified atom stereocenters. The van der Waals surface area contributed by atoms with Gasteiger partial charge in [-0.25, -0.2) is 4.79 Å². The highest BCUT2D eigenvalue weighted by atomic mass is 32.2. The summed E-state index contributed by atoms with van der Waals surface area (Å²) in [5, 5.41) is 9.13. The highest BCUT2D eigenvalue weighted by Crippen LogP contribution is 2.47. The van der Waals surface area contributed by atoms with Crippen molar-refractivity contribution >= 4 is 35.2 Å². The molecule has 1 fully saturated rings. The second-order valence-corrected chi connectivity index (χ2v) is 7.56. The number of carbonyl (C=O) groups excluding carboxylic acids is 2. The van der Waals surface area contributed by atoms with E-state index in [-0.39, 0.29) is 5.56 Å². The number of allylic oxidation sites excluding steroid dienone is 1. The van der Waals surface area contributed by atoms with Crippen LogP contribution in [0.3, 0.4) is 0 Å². The normalized spacial score (nSPS) is 21.2. The van der Waals surface area contributed by atoms with Crippen molar-refractivity contribution in [3.63, 3.8) is 0 Å². The number of thioether (sulfide) groups is 1. The van der Waals surface area contributed by atoms with Crippen LogP contribution < -0.4 is 4.74 Å². The number of Topliss-reactive ketones (excluding diaryl/α,β-unsaturated/α-hetero) is 2. The zero-order valence-electron chi connectivity index (χ0n) is 14.1. The highest BCUT2D eigenvalue weighted by molar-refractivity contribution is 8.04. The van der Waals surface area contributed by atoms with Crippen LogP contribution in [0.5, 0.6) is 5.75 Å². The number of likely N-dealkylation sites (tertiary alicyclic amines) is 1. The molecule has 0 atom stereocenters. The predicted molar refractivity (Wildman–Crippen MR) is 94.4 cm³/mol. The Morgan fingerprint density at radius 2 is 1.96 bits per heavy atom. The van der Waals surface area contributed by atoms with Gasteiger partial charge in [-0.05, 0) is 18.2 Å². The zero-order valence-corrected chi connectivity index (χ0v) is 14.9. The molecule has 1 saturated heterocycles. The molecular formula is C18H17NO6S. The number of fused-ring (bicyclic) bond motifs is 2. The molecule has 1 aliphatic carbocycles. The number of methoxy groups -OCH3 is 1. The maximum atomic E-state index is 12.5. The molecular weight excluding hydrogens is 358 g/mol. The van der Waals surface area contributed by atoms with Crippen LogP contribution in [0, 0.1) is 0 Å². The Labute approximate surface area is 153 Å². The van der Waals surface area contributed by atoms with Crippen LogP contribution in [0.25, 0.3) is 5.76 Å². The number of ketones is 2. The average molecular weight is 375 g/mol. The summed E-state index contributed by atoms with van der Waals surface area (Å²) in [4.78, 5) is 37.8. The fourth-order valence-electron chi connectivity index (χ4n) is 3.52. The lowest BCUT2D eigenvalue weighted by atomic mass is 9.90. The molecule has 26 heavy (non-hydrogen) atoms. The van der Waals surface area contributed by atoms with Gasteiger partial charge in [0.25, 0.3) is 0 Å². The molecule has 1 aromatic carbocycles. The second-order valence-electron chi connectivity index (χ2n) is 6.57. The Bertz CT molecular complexity index is 853. The van der Waals surface area contributed by atoms with Crippen molar-refractivity contribution in [2.24, 2.45) is 0 Å². The second kappa shape index (κ2) is 6.05. The fraction of sp³-hybridized carbons (Fsp3) is 0.389. The lowest BCUT2D eigenvalue weighted by Gasteiger charge is -2.44. The van der Waals surface area contributed by atoms with Crippen LogP contribution in [0.1, 0.15) is 28.8 Å². The van der Waals surface area contributed by atoms with Gasteiger partial charge in [0.2, 0.25) is 11.6 Å². The van der Waals surface area contributed by atoms with Gasteiger partial charge in [0.05, 0.1) is 7.11 Å². The van der Waals surface area contributed by atoms with E-state index in [0.717, 1.165) is 0 Å². The summed E-state index contributed by atoms with van der Waals surface area (Å²) in [6.07, 6.45) is 0.173. The number of piperidine rings is 1. The summed E-state index contributed by atoms with van der Waals surface area (Å²) in [6, 6.07) is 5.02. The van der Waals surface area contributed by atoms with Crippen LogP contribution >= 0.6 is 11.8 Å². The van der Waals surface area contributed by atoms with Crippen LogP contribution in [-0.4, -0.2) is 59.2 Å². The number of benzene rings is 1. The molecule has 0 bridgehead atoms. The van der Waals surface area contributed by atoms with E-state index in [1.54, 1.807) is 18.2 Å². The summed E-state index contributed by atoms with van der Waals surface area (Å²) >= 11 is 1.33. The molecule has 136 valence electrons. The number of hydrogen-bond acceptors (Lipinski definition) is 6. The van der Waals surface area contributed by atoms with Crippen LogP contribution in [0.2, 0.25) is 0 Å². The Morgan fingerprint density at radius 1 is 1.23 bits per heavy atom. The van der Waals surface area contributed by atoms with Gasteiger partial charge in [-0.15, -0.1) is 11.8 Å². The minimum absolute atomic E-state index is 0.286. The van der Waals surface area contributed by atoms with Gasteiger partial charge in [-0.1, -0.05) is 0 Å². The van der Waals surface area contributed by atoms with Gasteiger partial charge in [0.1, 0.15) is 22.0 Å². The summed E-state index contributed by atoms with van der Waals surface area (Å²) in [5.74, 6) is 0.368. The molecule has 2 heterocycles. The average Bonchev–Trinajstić information content (AvgIpc) is 2.66. The zero-order chi connectivity index (χ0) is 18.5. The first-order valence-electron chi connectivity index (χ1n) is 8.25. The van der Waals surface area contributed by atoms with Crippen LogP contribution in [0.15, 0.2) is 23.1 Å². The molecule has 0 aromatic heterocycles. The third kappa shape index (κ3) is 2.56. The topological polar surface area (TPSA) is 93.1 Å². The molecule has 1 amide bonds. The first-order valence-corrected chi connectivity index (χ1v) is 9.24. The molecule has 0 saturated carbocycles. The number of ether oxygens (including phenoxy) is 2. The van der Waals surface area contributed by atoms with E-state index in [1.807, 2.05) is 0 Å². The van der Waals surface area contributed by atoms with Gasteiger partial charge in [-0.2, -0.15) is 0 Å². The molecule has 1 N–H and O–H groups in total. The number of carboxylic acid groups (broad SMARTS) is 1. The van der Waals surface area contributed by atoms with E-state index >= 15 is 0 Å². The molecule has 3 aliphatic rings. The third-order valence-electron chi connectivity index (χ3n) is 5.08. The third-order valence-corrected chi connectivity index (χ3v) is 6.41. The van der Waals surface area contributed by atoms with Gasteiger partial charge in [0, 0.05) is 42.8 Å². The van der Waals surface area contributed by atoms with Crippen molar-refractivity contribution in [2.75, 3.05) is 26.0 Å². The van der Waals surface area contributed by atoms with Gasteiger partial charge < -0.3 is 19.5 Å². The molecule has 8 heteroatoms. The smallest absolute Gasteiger partial charge is 0.407 e. The first kappa shape index (κ1) is 17.0. The van der Waals surface area contributed by atoms with E-state index in [0.29, 0.717) is 53.7 Å². The van der Waals surface area contributed by atoms with E-state index in [4.69, 9.17) is 14.6 Å². The summed E-state index contributed by atoms with van der Waals surface area (Å²) in [7, 11) is 1.50. The molecule has 7 nitrogen and oxygen atoms in total. The number of amides is 1. The van der Waals surface area contributed by atoms with Crippen molar-refractivity contribution < 1.29 is 29.0 Å². The Hall–Kier alpha value is -2.48.